The molecule has 2 nitrogen and oxygen atoms in total. The van der Waals surface area contributed by atoms with Gasteiger partial charge in [-0.2, -0.15) is 0 Å². The van der Waals surface area contributed by atoms with Gasteiger partial charge in [0, 0.05) is 6.26 Å². The number of rotatable bonds is 5. The van der Waals surface area contributed by atoms with Crippen molar-refractivity contribution in [1.29, 1.82) is 0 Å². The van der Waals surface area contributed by atoms with Crippen LogP contribution in [0.3, 0.4) is 0 Å². The Balaban J connectivity index is 2.99. The highest BCUT2D eigenvalue weighted by atomic mass is 32.2. The number of hydrogen-bond acceptors (Lipinski definition) is 2. The topological polar surface area (TPSA) is 34.1 Å². The molecule has 0 saturated heterocycles. The maximum absolute atomic E-state index is 12.0. The maximum Gasteiger partial charge on any atom is 0.151 e. The van der Waals surface area contributed by atoms with Crippen molar-refractivity contribution in [3.05, 3.63) is 47.5 Å². The highest BCUT2D eigenvalue weighted by Gasteiger charge is 2.35. The van der Waals surface area contributed by atoms with Gasteiger partial charge in [-0.3, -0.25) is 0 Å². The molecule has 0 heterocycles. The van der Waals surface area contributed by atoms with Crippen molar-refractivity contribution in [2.45, 2.75) is 37.9 Å². The molecule has 0 aliphatic rings. The predicted molar refractivity (Wildman–Crippen MR) is 85.9 cm³/mol. The minimum Gasteiger partial charge on any atom is -0.229 e. The van der Waals surface area contributed by atoms with E-state index in [0.29, 0.717) is 0 Å². The van der Waals surface area contributed by atoms with Gasteiger partial charge < -0.3 is 0 Å². The fourth-order valence-corrected chi connectivity index (χ4v) is 10.1. The molecule has 0 aliphatic heterocycles. The predicted octanol–water partition coefficient (Wildman–Crippen LogP) is 3.47. The standard InChI is InChI=1S/C15H24O2SSi/c1-13(11-12-14-9-7-6-8-10-14)15(18(2,16)17)19(3,4)5/h6-11,15H,12H2,1-5H3/b13-11+/t15-/m1/s1. The summed E-state index contributed by atoms with van der Waals surface area (Å²) < 4.78 is 24.0. The number of allylic oxidation sites excluding steroid dienone is 1. The van der Waals surface area contributed by atoms with E-state index in [4.69, 9.17) is 0 Å². The zero-order valence-electron chi connectivity index (χ0n) is 12.5. The van der Waals surface area contributed by atoms with E-state index in [1.54, 1.807) is 0 Å². The third-order valence-corrected chi connectivity index (χ3v) is 9.79. The van der Waals surface area contributed by atoms with E-state index in [0.717, 1.165) is 12.0 Å². The van der Waals surface area contributed by atoms with E-state index in [1.165, 1.54) is 11.8 Å². The van der Waals surface area contributed by atoms with Gasteiger partial charge in [-0.05, 0) is 18.9 Å². The lowest BCUT2D eigenvalue weighted by Gasteiger charge is -2.28. The van der Waals surface area contributed by atoms with Crippen LogP contribution in [-0.4, -0.2) is 27.6 Å². The Hall–Kier alpha value is -0.873. The van der Waals surface area contributed by atoms with Crippen molar-refractivity contribution in [3.8, 4) is 0 Å². The van der Waals surface area contributed by atoms with Crippen LogP contribution in [0.4, 0.5) is 0 Å². The van der Waals surface area contributed by atoms with E-state index in [1.807, 2.05) is 25.1 Å². The Kier molecular flexibility index (Phi) is 5.16. The van der Waals surface area contributed by atoms with Crippen molar-refractivity contribution in [1.82, 2.24) is 0 Å². The van der Waals surface area contributed by atoms with Gasteiger partial charge in [-0.15, -0.1) is 0 Å². The Bertz CT molecular complexity index is 539. The summed E-state index contributed by atoms with van der Waals surface area (Å²) in [6, 6.07) is 10.1. The van der Waals surface area contributed by atoms with Gasteiger partial charge in [0.05, 0.1) is 12.9 Å². The molecule has 0 aromatic heterocycles. The van der Waals surface area contributed by atoms with Crippen molar-refractivity contribution in [2.24, 2.45) is 0 Å². The van der Waals surface area contributed by atoms with Crippen molar-refractivity contribution in [3.63, 3.8) is 0 Å². The maximum atomic E-state index is 12.0. The Morgan fingerprint density at radius 1 is 1.21 bits per heavy atom. The molecule has 0 radical (unpaired) electrons. The lowest BCUT2D eigenvalue weighted by Crippen LogP contribution is -2.44. The first-order valence-corrected chi connectivity index (χ1v) is 12.0. The van der Waals surface area contributed by atoms with Gasteiger partial charge in [0.15, 0.2) is 9.84 Å². The largest absolute Gasteiger partial charge is 0.229 e. The Morgan fingerprint density at radius 2 is 1.74 bits per heavy atom. The van der Waals surface area contributed by atoms with E-state index >= 15 is 0 Å². The van der Waals surface area contributed by atoms with Crippen LogP contribution in [0.5, 0.6) is 0 Å². The van der Waals surface area contributed by atoms with Crippen LogP contribution >= 0.6 is 0 Å². The molecule has 0 amide bonds. The molecule has 0 aliphatic carbocycles. The Morgan fingerprint density at radius 3 is 2.16 bits per heavy atom. The van der Waals surface area contributed by atoms with Crippen LogP contribution < -0.4 is 0 Å². The first-order valence-electron chi connectivity index (χ1n) is 6.52. The van der Waals surface area contributed by atoms with Crippen molar-refractivity contribution < 1.29 is 8.42 Å². The summed E-state index contributed by atoms with van der Waals surface area (Å²) in [5.41, 5.74) is 2.20. The number of sulfone groups is 1. The van der Waals surface area contributed by atoms with E-state index in [-0.39, 0.29) is 4.87 Å². The second kappa shape index (κ2) is 6.05. The third kappa shape index (κ3) is 4.95. The molecular formula is C15H24O2SSi. The van der Waals surface area contributed by atoms with Gasteiger partial charge in [0.1, 0.15) is 0 Å². The summed E-state index contributed by atoms with van der Waals surface area (Å²) >= 11 is 0. The fraction of sp³-hybridized carbons (Fsp3) is 0.467. The quantitative estimate of drug-likeness (QED) is 0.616. The third-order valence-electron chi connectivity index (χ3n) is 3.13. The molecule has 0 N–H and O–H groups in total. The van der Waals surface area contributed by atoms with E-state index in [9.17, 15) is 8.42 Å². The summed E-state index contributed by atoms with van der Waals surface area (Å²) in [4.78, 5) is -0.288. The van der Waals surface area contributed by atoms with Crippen LogP contribution in [0.2, 0.25) is 19.6 Å². The molecular weight excluding hydrogens is 272 g/mol. The fourth-order valence-electron chi connectivity index (χ4n) is 2.66. The van der Waals surface area contributed by atoms with Crippen LogP contribution in [0.25, 0.3) is 0 Å². The average molecular weight is 297 g/mol. The smallest absolute Gasteiger partial charge is 0.151 e. The van der Waals surface area contributed by atoms with Gasteiger partial charge in [-0.25, -0.2) is 8.42 Å². The zero-order valence-corrected chi connectivity index (χ0v) is 14.3. The van der Waals surface area contributed by atoms with E-state index < -0.39 is 17.9 Å². The van der Waals surface area contributed by atoms with Crippen LogP contribution in [0.1, 0.15) is 12.5 Å². The molecule has 1 rings (SSSR count). The molecule has 4 heteroatoms. The van der Waals surface area contributed by atoms with E-state index in [2.05, 4.69) is 37.8 Å². The lowest BCUT2D eigenvalue weighted by molar-refractivity contribution is 0.600. The molecule has 0 saturated carbocycles. The minimum atomic E-state index is -3.03. The molecule has 1 aromatic rings. The van der Waals surface area contributed by atoms with Gasteiger partial charge in [0.2, 0.25) is 0 Å². The molecule has 0 unspecified atom stereocenters. The molecule has 0 spiro atoms. The minimum absolute atomic E-state index is 0.288. The summed E-state index contributed by atoms with van der Waals surface area (Å²) in [5, 5.41) is 0. The van der Waals surface area contributed by atoms with Gasteiger partial charge in [-0.1, -0.05) is 61.6 Å². The first kappa shape index (κ1) is 16.2. The molecule has 1 atom stereocenters. The summed E-state index contributed by atoms with van der Waals surface area (Å²) in [5.74, 6) is 0. The van der Waals surface area contributed by atoms with Crippen LogP contribution in [0, 0.1) is 0 Å². The summed E-state index contributed by atoms with van der Waals surface area (Å²) in [7, 11) is -4.81. The highest BCUT2D eigenvalue weighted by molar-refractivity contribution is 7.93. The summed E-state index contributed by atoms with van der Waals surface area (Å²) in [6.45, 7) is 8.28. The van der Waals surface area contributed by atoms with Gasteiger partial charge in [0.25, 0.3) is 0 Å². The normalized spacial score (nSPS) is 15.3. The summed E-state index contributed by atoms with van der Waals surface area (Å²) in [6.07, 6.45) is 4.22. The lowest BCUT2D eigenvalue weighted by atomic mass is 10.1. The first-order chi connectivity index (χ1) is 8.62. The SMILES string of the molecule is C/C(=C\Cc1ccccc1)[C@@H]([Si](C)(C)C)S(C)(=O)=O. The Labute approximate surface area is 118 Å². The molecule has 0 bridgehead atoms. The number of hydrogen-bond donors (Lipinski definition) is 0. The van der Waals surface area contributed by atoms with Crippen LogP contribution in [0.15, 0.2) is 42.0 Å². The zero-order chi connectivity index (χ0) is 14.7. The number of benzene rings is 1. The van der Waals surface area contributed by atoms with Gasteiger partial charge >= 0.3 is 0 Å². The molecule has 106 valence electrons. The second-order valence-corrected chi connectivity index (χ2v) is 14.1. The molecule has 0 fully saturated rings. The second-order valence-electron chi connectivity index (χ2n) is 6.21. The molecule has 1 aromatic carbocycles. The van der Waals surface area contributed by atoms with Crippen LogP contribution in [-0.2, 0) is 16.3 Å². The highest BCUT2D eigenvalue weighted by Crippen LogP contribution is 2.23. The van der Waals surface area contributed by atoms with Crippen molar-refractivity contribution in [2.75, 3.05) is 6.26 Å². The van der Waals surface area contributed by atoms with Crippen molar-refractivity contribution >= 4 is 17.9 Å². The molecule has 19 heavy (non-hydrogen) atoms. The average Bonchev–Trinajstić information content (AvgIpc) is 2.24. The monoisotopic (exact) mass is 296 g/mol.